The first kappa shape index (κ1) is 23.4. The van der Waals surface area contributed by atoms with Crippen molar-refractivity contribution in [2.45, 2.75) is 27.7 Å². The van der Waals surface area contributed by atoms with E-state index in [1.54, 1.807) is 0 Å². The Kier molecular flexibility index (Phi) is 12.4. The quantitative estimate of drug-likeness (QED) is 0.228. The summed E-state index contributed by atoms with van der Waals surface area (Å²) in [5.41, 5.74) is -0.350. The van der Waals surface area contributed by atoms with E-state index in [0.29, 0.717) is 13.1 Å². The predicted octanol–water partition coefficient (Wildman–Crippen LogP) is 0.654. The van der Waals surface area contributed by atoms with Gasteiger partial charge in [0, 0.05) is 44.7 Å². The van der Waals surface area contributed by atoms with Crippen molar-refractivity contribution in [3.8, 4) is 0 Å². The maximum absolute atomic E-state index is 11.8. The van der Waals surface area contributed by atoms with Crippen LogP contribution in [0.3, 0.4) is 0 Å². The van der Waals surface area contributed by atoms with Gasteiger partial charge in [-0.1, -0.05) is 20.8 Å². The third kappa shape index (κ3) is 10.3. The maximum Gasteiger partial charge on any atom is 0.225 e. The largest absolute Gasteiger partial charge is 0.379 e. The van der Waals surface area contributed by atoms with Crippen molar-refractivity contribution in [1.82, 2.24) is 20.9 Å². The number of nitrogens with zero attached hydrogens (tertiary/aromatic N) is 2. The van der Waals surface area contributed by atoms with Crippen molar-refractivity contribution in [3.05, 3.63) is 0 Å². The molecular formula is C16H34IN5O2. The monoisotopic (exact) mass is 455 g/mol. The lowest BCUT2D eigenvalue weighted by atomic mass is 9.96. The number of aliphatic imine (C=N–C) groups is 1. The molecule has 0 radical (unpaired) electrons. The van der Waals surface area contributed by atoms with Crippen molar-refractivity contribution in [2.24, 2.45) is 10.4 Å². The maximum atomic E-state index is 11.8. The van der Waals surface area contributed by atoms with E-state index in [1.165, 1.54) is 0 Å². The highest BCUT2D eigenvalue weighted by atomic mass is 127. The summed E-state index contributed by atoms with van der Waals surface area (Å²) in [6.07, 6.45) is 0. The summed E-state index contributed by atoms with van der Waals surface area (Å²) in [6, 6.07) is 0. The zero-order valence-electron chi connectivity index (χ0n) is 15.5. The fourth-order valence-electron chi connectivity index (χ4n) is 2.09. The molecule has 0 atom stereocenters. The van der Waals surface area contributed by atoms with Crippen LogP contribution in [0.2, 0.25) is 0 Å². The molecule has 0 spiro atoms. The molecule has 1 heterocycles. The Morgan fingerprint density at radius 1 is 1.12 bits per heavy atom. The van der Waals surface area contributed by atoms with Crippen LogP contribution in [0.5, 0.6) is 0 Å². The SMILES string of the molecule is CCNC(=NCCN1CCOCC1)NCCNC(=O)C(C)(C)C.I. The van der Waals surface area contributed by atoms with Gasteiger partial charge < -0.3 is 20.7 Å². The molecule has 1 amide bonds. The van der Waals surface area contributed by atoms with Crippen LogP contribution in [0.4, 0.5) is 0 Å². The Morgan fingerprint density at radius 2 is 1.75 bits per heavy atom. The number of hydrogen-bond acceptors (Lipinski definition) is 4. The molecule has 24 heavy (non-hydrogen) atoms. The van der Waals surface area contributed by atoms with Gasteiger partial charge in [-0.25, -0.2) is 0 Å². The number of rotatable bonds is 7. The molecule has 0 aromatic carbocycles. The van der Waals surface area contributed by atoms with E-state index >= 15 is 0 Å². The zero-order valence-corrected chi connectivity index (χ0v) is 17.8. The molecule has 7 nitrogen and oxygen atoms in total. The lowest BCUT2D eigenvalue weighted by Gasteiger charge is -2.25. The third-order valence-corrected chi connectivity index (χ3v) is 3.52. The summed E-state index contributed by atoms with van der Waals surface area (Å²) in [4.78, 5) is 18.7. The van der Waals surface area contributed by atoms with Gasteiger partial charge in [0.1, 0.15) is 0 Å². The van der Waals surface area contributed by atoms with Crippen LogP contribution in [-0.4, -0.2) is 75.8 Å². The van der Waals surface area contributed by atoms with Crippen LogP contribution in [0, 0.1) is 5.41 Å². The smallest absolute Gasteiger partial charge is 0.225 e. The average molecular weight is 455 g/mol. The average Bonchev–Trinajstić information content (AvgIpc) is 2.51. The fourth-order valence-corrected chi connectivity index (χ4v) is 2.09. The molecule has 0 bridgehead atoms. The third-order valence-electron chi connectivity index (χ3n) is 3.52. The molecule has 1 aliphatic rings. The highest BCUT2D eigenvalue weighted by Gasteiger charge is 2.20. The minimum atomic E-state index is -0.350. The number of carbonyl (C=O) groups is 1. The molecule has 0 unspecified atom stereocenters. The van der Waals surface area contributed by atoms with Crippen molar-refractivity contribution >= 4 is 35.8 Å². The molecule has 8 heteroatoms. The molecule has 0 aromatic heterocycles. The molecule has 0 aliphatic carbocycles. The Morgan fingerprint density at radius 3 is 2.33 bits per heavy atom. The van der Waals surface area contributed by atoms with Gasteiger partial charge in [-0.05, 0) is 6.92 Å². The zero-order chi connectivity index (χ0) is 17.1. The second kappa shape index (κ2) is 12.7. The number of ether oxygens (including phenoxy) is 1. The van der Waals surface area contributed by atoms with E-state index in [0.717, 1.165) is 51.9 Å². The molecular weight excluding hydrogens is 421 g/mol. The van der Waals surface area contributed by atoms with Crippen LogP contribution >= 0.6 is 24.0 Å². The summed E-state index contributed by atoms with van der Waals surface area (Å²) in [5, 5.41) is 9.39. The number of guanidine groups is 1. The Balaban J connectivity index is 0.00000529. The minimum Gasteiger partial charge on any atom is -0.379 e. The number of carbonyl (C=O) groups excluding carboxylic acids is 1. The van der Waals surface area contributed by atoms with Crippen LogP contribution in [-0.2, 0) is 9.53 Å². The van der Waals surface area contributed by atoms with E-state index in [9.17, 15) is 4.79 Å². The minimum absolute atomic E-state index is 0. The summed E-state index contributed by atoms with van der Waals surface area (Å²) >= 11 is 0. The molecule has 1 rings (SSSR count). The molecule has 1 aliphatic heterocycles. The van der Waals surface area contributed by atoms with Gasteiger partial charge in [0.15, 0.2) is 5.96 Å². The number of nitrogens with one attached hydrogen (secondary N) is 3. The van der Waals surface area contributed by atoms with Gasteiger partial charge in [0.2, 0.25) is 5.91 Å². The Labute approximate surface area is 163 Å². The molecule has 1 fully saturated rings. The lowest BCUT2D eigenvalue weighted by Crippen LogP contribution is -2.44. The van der Waals surface area contributed by atoms with Gasteiger partial charge in [-0.2, -0.15) is 0 Å². The van der Waals surface area contributed by atoms with Crippen LogP contribution in [0.1, 0.15) is 27.7 Å². The molecule has 0 aromatic rings. The van der Waals surface area contributed by atoms with Crippen molar-refractivity contribution < 1.29 is 9.53 Å². The predicted molar refractivity (Wildman–Crippen MR) is 109 cm³/mol. The number of hydrogen-bond donors (Lipinski definition) is 3. The molecule has 142 valence electrons. The summed E-state index contributed by atoms with van der Waals surface area (Å²) in [7, 11) is 0. The van der Waals surface area contributed by atoms with E-state index in [1.807, 2.05) is 27.7 Å². The first-order valence-corrected chi connectivity index (χ1v) is 8.54. The van der Waals surface area contributed by atoms with E-state index in [2.05, 4.69) is 25.8 Å². The van der Waals surface area contributed by atoms with Gasteiger partial charge in [0.05, 0.1) is 19.8 Å². The van der Waals surface area contributed by atoms with E-state index in [4.69, 9.17) is 4.74 Å². The van der Waals surface area contributed by atoms with E-state index in [-0.39, 0.29) is 35.3 Å². The normalized spacial score (nSPS) is 16.2. The standard InChI is InChI=1S/C16H33N5O2.HI/c1-5-17-15(19-7-6-18-14(22)16(2,3)4)20-8-9-21-10-12-23-13-11-21;/h5-13H2,1-4H3,(H,18,22)(H2,17,19,20);1H. The second-order valence-electron chi connectivity index (χ2n) is 6.65. The first-order valence-electron chi connectivity index (χ1n) is 8.54. The van der Waals surface area contributed by atoms with E-state index < -0.39 is 0 Å². The highest BCUT2D eigenvalue weighted by molar-refractivity contribution is 14.0. The van der Waals surface area contributed by atoms with Gasteiger partial charge >= 0.3 is 0 Å². The molecule has 3 N–H and O–H groups in total. The summed E-state index contributed by atoms with van der Waals surface area (Å²) in [6.45, 7) is 15.1. The van der Waals surface area contributed by atoms with Crippen molar-refractivity contribution in [1.29, 1.82) is 0 Å². The molecule has 1 saturated heterocycles. The topological polar surface area (TPSA) is 78.0 Å². The Bertz CT molecular complexity index is 379. The Hall–Kier alpha value is -0.610. The lowest BCUT2D eigenvalue weighted by molar-refractivity contribution is -0.128. The first-order chi connectivity index (χ1) is 10.9. The number of amides is 1. The van der Waals surface area contributed by atoms with Crippen molar-refractivity contribution in [3.63, 3.8) is 0 Å². The van der Waals surface area contributed by atoms with Crippen LogP contribution in [0.15, 0.2) is 4.99 Å². The van der Waals surface area contributed by atoms with Crippen molar-refractivity contribution in [2.75, 3.05) is 59.0 Å². The van der Waals surface area contributed by atoms with Crippen LogP contribution in [0.25, 0.3) is 0 Å². The van der Waals surface area contributed by atoms with Gasteiger partial charge in [-0.15, -0.1) is 24.0 Å². The van der Waals surface area contributed by atoms with Crippen LogP contribution < -0.4 is 16.0 Å². The molecule has 0 saturated carbocycles. The summed E-state index contributed by atoms with van der Waals surface area (Å²) in [5.74, 6) is 0.860. The summed E-state index contributed by atoms with van der Waals surface area (Å²) < 4.78 is 5.34. The highest BCUT2D eigenvalue weighted by Crippen LogP contribution is 2.11. The fraction of sp³-hybridized carbons (Fsp3) is 0.875. The van der Waals surface area contributed by atoms with Gasteiger partial charge in [-0.3, -0.25) is 14.7 Å². The van der Waals surface area contributed by atoms with Gasteiger partial charge in [0.25, 0.3) is 0 Å². The number of morpholine rings is 1. The second-order valence-corrected chi connectivity index (χ2v) is 6.65. The number of halogens is 1.